The zero-order valence-corrected chi connectivity index (χ0v) is 21.3. The molecule has 0 bridgehead atoms. The molecule has 0 spiro atoms. The molecule has 9 N–H and O–H groups in total. The molecule has 16 heteroatoms. The molecule has 8 unspecified atom stereocenters. The molecule has 2 heterocycles. The Balaban J connectivity index is 1.72. The molecular weight excluding hydrogens is 531 g/mol. The van der Waals surface area contributed by atoms with Gasteiger partial charge in [-0.05, 0) is 36.5 Å². The van der Waals surface area contributed by atoms with Crippen molar-refractivity contribution in [2.45, 2.75) is 61.2 Å². The van der Waals surface area contributed by atoms with E-state index in [0.29, 0.717) is 16.7 Å². The van der Waals surface area contributed by atoms with Gasteiger partial charge in [-0.15, -0.1) is 0 Å². The van der Waals surface area contributed by atoms with E-state index >= 15 is 0 Å². The highest BCUT2D eigenvalue weighted by Gasteiger charge is 2.51. The average molecular weight is 562 g/mol. The number of nitrogens with one attached hydrogen (secondary N) is 2. The second kappa shape index (κ2) is 13.7. The van der Waals surface area contributed by atoms with Crippen LogP contribution in [0.25, 0.3) is 0 Å². The van der Waals surface area contributed by atoms with Crippen LogP contribution in [0.15, 0.2) is 24.3 Å². The fraction of sp³-hybridized carbons (Fsp3) is 0.667. The molecule has 0 amide bonds. The minimum absolute atomic E-state index is 0.232. The van der Waals surface area contributed by atoms with Crippen molar-refractivity contribution in [2.75, 3.05) is 31.0 Å². The topological polar surface area (TPSA) is 203 Å². The number of rotatable bonds is 10. The van der Waals surface area contributed by atoms with Crippen LogP contribution in [0, 0.1) is 0 Å². The van der Waals surface area contributed by atoms with E-state index in [1.807, 2.05) is 0 Å². The molecule has 2 aliphatic heterocycles. The van der Waals surface area contributed by atoms with Crippen molar-refractivity contribution in [2.24, 2.45) is 0 Å². The molecule has 0 aromatic heterocycles. The Labute approximate surface area is 224 Å². The van der Waals surface area contributed by atoms with Gasteiger partial charge in [-0.1, -0.05) is 0 Å². The van der Waals surface area contributed by atoms with E-state index in [9.17, 15) is 35.7 Å². The summed E-state index contributed by atoms with van der Waals surface area (Å²) in [6.07, 6.45) is -12.1. The first kappa shape index (κ1) is 30.3. The van der Waals surface area contributed by atoms with Gasteiger partial charge in [0.2, 0.25) is 6.29 Å². The minimum atomic E-state index is -1.71. The molecule has 0 aliphatic carbocycles. The van der Waals surface area contributed by atoms with Gasteiger partial charge in [-0.25, -0.2) is 11.6 Å². The molecule has 13 nitrogen and oxygen atoms in total. The van der Waals surface area contributed by atoms with Crippen LogP contribution < -0.4 is 15.4 Å². The first-order valence-corrected chi connectivity index (χ1v) is 12.8. The van der Waals surface area contributed by atoms with Gasteiger partial charge in [0.25, 0.3) is 0 Å². The van der Waals surface area contributed by atoms with E-state index in [1.54, 1.807) is 24.3 Å². The van der Waals surface area contributed by atoms with Crippen LogP contribution >= 0.6 is 23.8 Å². The van der Waals surface area contributed by atoms with Crippen molar-refractivity contribution in [3.63, 3.8) is 0 Å². The van der Waals surface area contributed by atoms with E-state index in [2.05, 4.69) is 10.6 Å². The molecule has 1 aromatic rings. The molecule has 37 heavy (non-hydrogen) atoms. The zero-order valence-electron chi connectivity index (χ0n) is 19.6. The lowest BCUT2D eigenvalue weighted by molar-refractivity contribution is -0.349. The SMILES string of the molecule is [B]SCNC(=S)Nc1ccc(OC2OC(CO)(CO)CC(OC3OC(CO)C(O)C(O)C3O)C2O)cc1. The zero-order chi connectivity index (χ0) is 27.2. The van der Waals surface area contributed by atoms with E-state index < -0.39 is 74.6 Å². The van der Waals surface area contributed by atoms with Crippen LogP contribution in [0.5, 0.6) is 5.75 Å². The summed E-state index contributed by atoms with van der Waals surface area (Å²) in [5, 5.41) is 76.7. The third-order valence-corrected chi connectivity index (χ3v) is 6.57. The van der Waals surface area contributed by atoms with Gasteiger partial charge in [-0.3, -0.25) is 0 Å². The molecule has 2 radical (unpaired) electrons. The summed E-state index contributed by atoms with van der Waals surface area (Å²) in [6.45, 7) is -1.97. The number of benzene rings is 1. The highest BCUT2D eigenvalue weighted by molar-refractivity contribution is 8.19. The highest BCUT2D eigenvalue weighted by Crippen LogP contribution is 2.34. The molecule has 1 aromatic carbocycles. The van der Waals surface area contributed by atoms with Crippen molar-refractivity contribution >= 4 is 41.8 Å². The molecule has 206 valence electrons. The Morgan fingerprint density at radius 1 is 1.03 bits per heavy atom. The smallest absolute Gasteiger partial charge is 0.229 e. The van der Waals surface area contributed by atoms with Gasteiger partial charge in [0.1, 0.15) is 41.9 Å². The maximum atomic E-state index is 10.9. The maximum absolute atomic E-state index is 10.9. The second-order valence-electron chi connectivity index (χ2n) is 8.64. The number of aliphatic hydroxyl groups is 7. The fourth-order valence-electron chi connectivity index (χ4n) is 3.89. The van der Waals surface area contributed by atoms with Gasteiger partial charge in [0, 0.05) is 12.1 Å². The van der Waals surface area contributed by atoms with E-state index in [-0.39, 0.29) is 12.2 Å². The summed E-state index contributed by atoms with van der Waals surface area (Å²) in [5.74, 6) is 0.692. The normalized spacial score (nSPS) is 33.5. The predicted octanol–water partition coefficient (Wildman–Crippen LogP) is -2.86. The molecule has 0 saturated carbocycles. The Morgan fingerprint density at radius 3 is 2.30 bits per heavy atom. The largest absolute Gasteiger partial charge is 0.462 e. The van der Waals surface area contributed by atoms with Crippen molar-refractivity contribution in [1.29, 1.82) is 0 Å². The third kappa shape index (κ3) is 7.43. The van der Waals surface area contributed by atoms with Gasteiger partial charge in [-0.2, -0.15) is 0 Å². The van der Waals surface area contributed by atoms with Crippen LogP contribution in [0.1, 0.15) is 6.42 Å². The first-order chi connectivity index (χ1) is 17.7. The summed E-state index contributed by atoms with van der Waals surface area (Å²) >= 11 is 6.22. The number of hydrogen-bond acceptors (Lipinski definition) is 13. The van der Waals surface area contributed by atoms with Crippen molar-refractivity contribution < 1.29 is 54.7 Å². The van der Waals surface area contributed by atoms with Crippen LogP contribution in [0.2, 0.25) is 0 Å². The first-order valence-electron chi connectivity index (χ1n) is 11.3. The lowest BCUT2D eigenvalue weighted by Gasteiger charge is -2.47. The Hall–Kier alpha value is -1.28. The van der Waals surface area contributed by atoms with Crippen molar-refractivity contribution in [1.82, 2.24) is 5.32 Å². The molecular formula is C21H31BN2O11S2. The van der Waals surface area contributed by atoms with E-state index in [1.165, 1.54) is 0 Å². The molecule has 3 rings (SSSR count). The van der Waals surface area contributed by atoms with Gasteiger partial charge >= 0.3 is 0 Å². The lowest BCUT2D eigenvalue weighted by Crippen LogP contribution is -2.64. The third-order valence-electron chi connectivity index (χ3n) is 6.01. The number of anilines is 1. The van der Waals surface area contributed by atoms with Crippen LogP contribution in [-0.2, 0) is 14.2 Å². The van der Waals surface area contributed by atoms with Crippen LogP contribution in [0.4, 0.5) is 5.69 Å². The summed E-state index contributed by atoms with van der Waals surface area (Å²) < 4.78 is 22.5. The van der Waals surface area contributed by atoms with Gasteiger partial charge in [0.05, 0.1) is 31.8 Å². The average Bonchev–Trinajstić information content (AvgIpc) is 2.90. The number of aliphatic hydroxyl groups excluding tert-OH is 7. The quantitative estimate of drug-likeness (QED) is 0.0800. The van der Waals surface area contributed by atoms with Crippen LogP contribution in [0.3, 0.4) is 0 Å². The summed E-state index contributed by atoms with van der Waals surface area (Å²) in [7, 11) is 5.35. The number of thiocarbonyl (C=S) groups is 1. The number of ether oxygens (including phenoxy) is 4. The minimum Gasteiger partial charge on any atom is -0.462 e. The Kier molecular flexibility index (Phi) is 11.2. The summed E-state index contributed by atoms with van der Waals surface area (Å²) in [4.78, 5) is 0. The lowest BCUT2D eigenvalue weighted by atomic mass is 9.90. The molecule has 2 saturated heterocycles. The summed E-state index contributed by atoms with van der Waals surface area (Å²) in [5.41, 5.74) is -0.941. The maximum Gasteiger partial charge on any atom is 0.229 e. The molecule has 2 aliphatic rings. The monoisotopic (exact) mass is 562 g/mol. The molecule has 2 fully saturated rings. The van der Waals surface area contributed by atoms with Crippen molar-refractivity contribution in [3.05, 3.63) is 24.3 Å². The van der Waals surface area contributed by atoms with E-state index in [4.69, 9.17) is 38.3 Å². The van der Waals surface area contributed by atoms with E-state index in [0.717, 1.165) is 11.6 Å². The van der Waals surface area contributed by atoms with Gasteiger partial charge < -0.3 is 65.3 Å². The highest BCUT2D eigenvalue weighted by atomic mass is 32.2. The van der Waals surface area contributed by atoms with Crippen molar-refractivity contribution in [3.8, 4) is 5.75 Å². The molecule has 8 atom stereocenters. The second-order valence-corrected chi connectivity index (χ2v) is 9.67. The van der Waals surface area contributed by atoms with Crippen LogP contribution in [-0.4, -0.2) is 128 Å². The summed E-state index contributed by atoms with van der Waals surface area (Å²) in [6, 6.07) is 6.45. The Morgan fingerprint density at radius 2 is 1.70 bits per heavy atom. The predicted molar refractivity (Wildman–Crippen MR) is 136 cm³/mol. The fourth-order valence-corrected chi connectivity index (χ4v) is 4.40. The Bertz CT molecular complexity index is 867. The number of hydrogen-bond donors (Lipinski definition) is 9. The van der Waals surface area contributed by atoms with Gasteiger partial charge in [0.15, 0.2) is 18.5 Å². The standard InChI is InChI=1S/C21H31BN2O11S2/c22-37-9-23-20(36)24-10-1-3-11(4-2-10)32-19-15(29)12(5-21(7-26,8-27)35-19)33-18-17(31)16(30)14(28)13(6-25)34-18/h1-4,12-19,25-31H,5-9H2,(H2,23,24,36).